The molecule has 12 heavy (non-hydrogen) atoms. The lowest BCUT2D eigenvalue weighted by atomic mass is 10.3. The van der Waals surface area contributed by atoms with Crippen molar-refractivity contribution in [2.45, 2.75) is 6.92 Å². The maximum Gasteiger partial charge on any atom is 0.197 e. The molecule has 0 amide bonds. The summed E-state index contributed by atoms with van der Waals surface area (Å²) in [4.78, 5) is 4.10. The molecule has 0 bridgehead atoms. The fourth-order valence-electron chi connectivity index (χ4n) is 1.07. The standard InChI is InChI=1S/C8H6BrNO2/c1-4-10-7-5(9)2-3-6(11)8(7)12-4/h2-3,11H,1H3. The second kappa shape index (κ2) is 2.48. The maximum absolute atomic E-state index is 9.35. The van der Waals surface area contributed by atoms with Crippen LogP contribution in [0.4, 0.5) is 0 Å². The summed E-state index contributed by atoms with van der Waals surface area (Å²) in [5.74, 6) is 0.668. The summed E-state index contributed by atoms with van der Waals surface area (Å²) in [6.07, 6.45) is 0. The van der Waals surface area contributed by atoms with Crippen LogP contribution in [0.3, 0.4) is 0 Å². The van der Waals surface area contributed by atoms with Gasteiger partial charge in [-0.05, 0) is 28.1 Å². The molecule has 0 saturated heterocycles. The van der Waals surface area contributed by atoms with Crippen LogP contribution in [-0.4, -0.2) is 10.1 Å². The molecule has 62 valence electrons. The Morgan fingerprint density at radius 2 is 2.25 bits per heavy atom. The first-order valence-electron chi connectivity index (χ1n) is 3.43. The molecule has 1 aromatic carbocycles. The fraction of sp³-hybridized carbons (Fsp3) is 0.125. The van der Waals surface area contributed by atoms with E-state index >= 15 is 0 Å². The number of halogens is 1. The Bertz CT molecular complexity index is 397. The van der Waals surface area contributed by atoms with Gasteiger partial charge in [0, 0.05) is 11.4 Å². The van der Waals surface area contributed by atoms with Gasteiger partial charge in [-0.3, -0.25) is 0 Å². The zero-order chi connectivity index (χ0) is 8.72. The molecule has 0 unspecified atom stereocenters. The van der Waals surface area contributed by atoms with Crippen LogP contribution in [0.5, 0.6) is 5.75 Å². The summed E-state index contributed by atoms with van der Waals surface area (Å²) in [6.45, 7) is 1.74. The summed E-state index contributed by atoms with van der Waals surface area (Å²) < 4.78 is 6.01. The smallest absolute Gasteiger partial charge is 0.197 e. The van der Waals surface area contributed by atoms with Crippen molar-refractivity contribution in [3.05, 3.63) is 22.5 Å². The molecule has 0 radical (unpaired) electrons. The SMILES string of the molecule is Cc1nc2c(Br)ccc(O)c2o1. The van der Waals surface area contributed by atoms with Gasteiger partial charge in [-0.15, -0.1) is 0 Å². The highest BCUT2D eigenvalue weighted by Crippen LogP contribution is 2.30. The summed E-state index contributed by atoms with van der Waals surface area (Å²) in [5.41, 5.74) is 1.09. The third-order valence-corrected chi connectivity index (χ3v) is 2.22. The number of oxazole rings is 1. The van der Waals surface area contributed by atoms with E-state index in [1.54, 1.807) is 19.1 Å². The van der Waals surface area contributed by atoms with E-state index in [0.29, 0.717) is 17.0 Å². The van der Waals surface area contributed by atoms with E-state index in [0.717, 1.165) is 4.47 Å². The summed E-state index contributed by atoms with van der Waals surface area (Å²) in [6, 6.07) is 3.30. The lowest BCUT2D eigenvalue weighted by molar-refractivity contribution is 0.459. The number of rotatable bonds is 0. The van der Waals surface area contributed by atoms with E-state index in [2.05, 4.69) is 20.9 Å². The highest BCUT2D eigenvalue weighted by Gasteiger charge is 2.09. The van der Waals surface area contributed by atoms with Gasteiger partial charge >= 0.3 is 0 Å². The van der Waals surface area contributed by atoms with Crippen molar-refractivity contribution >= 4 is 27.0 Å². The molecule has 3 nitrogen and oxygen atoms in total. The minimum Gasteiger partial charge on any atom is -0.504 e. The lowest BCUT2D eigenvalue weighted by Gasteiger charge is -1.92. The number of nitrogens with zero attached hydrogens (tertiary/aromatic N) is 1. The number of benzene rings is 1. The molecule has 1 N–H and O–H groups in total. The Hall–Kier alpha value is -1.03. The number of fused-ring (bicyclic) bond motifs is 1. The molecule has 4 heteroatoms. The Labute approximate surface area is 77.2 Å². The lowest BCUT2D eigenvalue weighted by Crippen LogP contribution is -1.71. The molecule has 0 saturated carbocycles. The first-order chi connectivity index (χ1) is 5.68. The van der Waals surface area contributed by atoms with Gasteiger partial charge in [0.15, 0.2) is 17.2 Å². The highest BCUT2D eigenvalue weighted by atomic mass is 79.9. The van der Waals surface area contributed by atoms with Crippen LogP contribution in [0, 0.1) is 6.92 Å². The molecule has 2 aromatic rings. The highest BCUT2D eigenvalue weighted by molar-refractivity contribution is 9.10. The van der Waals surface area contributed by atoms with Gasteiger partial charge in [0.2, 0.25) is 0 Å². The van der Waals surface area contributed by atoms with Gasteiger partial charge in [-0.1, -0.05) is 0 Å². The molecular weight excluding hydrogens is 222 g/mol. The molecule has 0 aliphatic carbocycles. The number of phenols is 1. The van der Waals surface area contributed by atoms with E-state index in [1.807, 2.05) is 0 Å². The van der Waals surface area contributed by atoms with Crippen LogP contribution >= 0.6 is 15.9 Å². The monoisotopic (exact) mass is 227 g/mol. The van der Waals surface area contributed by atoms with Gasteiger partial charge in [-0.25, -0.2) is 4.98 Å². The summed E-state index contributed by atoms with van der Waals surface area (Å²) in [7, 11) is 0. The van der Waals surface area contributed by atoms with E-state index in [4.69, 9.17) is 4.42 Å². The third-order valence-electron chi connectivity index (χ3n) is 1.58. The fourth-order valence-corrected chi connectivity index (χ4v) is 1.47. The number of phenolic OH excluding ortho intramolecular Hbond substituents is 1. The van der Waals surface area contributed by atoms with Crippen molar-refractivity contribution in [3.63, 3.8) is 0 Å². The van der Waals surface area contributed by atoms with Crippen molar-refractivity contribution in [1.82, 2.24) is 4.98 Å². The van der Waals surface area contributed by atoms with E-state index in [-0.39, 0.29) is 5.75 Å². The van der Waals surface area contributed by atoms with E-state index in [1.165, 1.54) is 0 Å². The van der Waals surface area contributed by atoms with E-state index < -0.39 is 0 Å². The quantitative estimate of drug-likeness (QED) is 0.753. The topological polar surface area (TPSA) is 46.3 Å². The zero-order valence-electron chi connectivity index (χ0n) is 6.34. The molecular formula is C8H6BrNO2. The van der Waals surface area contributed by atoms with Crippen LogP contribution in [0.25, 0.3) is 11.1 Å². The molecule has 0 aliphatic heterocycles. The first kappa shape index (κ1) is 7.61. The van der Waals surface area contributed by atoms with Crippen LogP contribution in [0.15, 0.2) is 21.0 Å². The van der Waals surface area contributed by atoms with Crippen molar-refractivity contribution in [1.29, 1.82) is 0 Å². The number of aromatic hydroxyl groups is 1. The minimum atomic E-state index is 0.119. The van der Waals surface area contributed by atoms with Crippen LogP contribution in [0.2, 0.25) is 0 Å². The van der Waals surface area contributed by atoms with Gasteiger partial charge in [0.05, 0.1) is 0 Å². The average molecular weight is 228 g/mol. The van der Waals surface area contributed by atoms with E-state index in [9.17, 15) is 5.11 Å². The van der Waals surface area contributed by atoms with Crippen molar-refractivity contribution in [2.24, 2.45) is 0 Å². The van der Waals surface area contributed by atoms with Crippen molar-refractivity contribution in [2.75, 3.05) is 0 Å². The molecule has 0 fully saturated rings. The Morgan fingerprint density at radius 1 is 1.50 bits per heavy atom. The number of aryl methyl sites for hydroxylation is 1. The number of aromatic nitrogens is 1. The Morgan fingerprint density at radius 3 is 2.92 bits per heavy atom. The molecule has 1 aromatic heterocycles. The van der Waals surface area contributed by atoms with Crippen LogP contribution in [-0.2, 0) is 0 Å². The van der Waals surface area contributed by atoms with Crippen LogP contribution in [0.1, 0.15) is 5.89 Å². The second-order valence-corrected chi connectivity index (χ2v) is 3.33. The van der Waals surface area contributed by atoms with Crippen molar-refractivity contribution < 1.29 is 9.52 Å². The zero-order valence-corrected chi connectivity index (χ0v) is 7.92. The number of hydrogen-bond acceptors (Lipinski definition) is 3. The van der Waals surface area contributed by atoms with Gasteiger partial charge in [0.25, 0.3) is 0 Å². The molecule has 0 aliphatic rings. The van der Waals surface area contributed by atoms with Gasteiger partial charge < -0.3 is 9.52 Å². The molecule has 0 spiro atoms. The molecule has 0 atom stereocenters. The predicted molar refractivity (Wildman–Crippen MR) is 48.1 cm³/mol. The van der Waals surface area contributed by atoms with Gasteiger partial charge in [-0.2, -0.15) is 0 Å². The van der Waals surface area contributed by atoms with Gasteiger partial charge in [0.1, 0.15) is 5.52 Å². The molecule has 1 heterocycles. The molecule has 2 rings (SSSR count). The van der Waals surface area contributed by atoms with Crippen LogP contribution < -0.4 is 0 Å². The largest absolute Gasteiger partial charge is 0.504 e. The number of hydrogen-bond donors (Lipinski definition) is 1. The third kappa shape index (κ3) is 0.992. The average Bonchev–Trinajstić information content (AvgIpc) is 2.41. The Kier molecular flexibility index (Phi) is 1.58. The Balaban J connectivity index is 2.93. The summed E-state index contributed by atoms with van der Waals surface area (Å²) >= 11 is 3.31. The second-order valence-electron chi connectivity index (χ2n) is 2.48. The minimum absolute atomic E-state index is 0.119. The predicted octanol–water partition coefficient (Wildman–Crippen LogP) is 2.60. The maximum atomic E-state index is 9.35. The summed E-state index contributed by atoms with van der Waals surface area (Å²) in [5, 5.41) is 9.35. The van der Waals surface area contributed by atoms with Crippen molar-refractivity contribution in [3.8, 4) is 5.75 Å². The first-order valence-corrected chi connectivity index (χ1v) is 4.22. The normalized spacial score (nSPS) is 10.8.